The zero-order chi connectivity index (χ0) is 33.5. The van der Waals surface area contributed by atoms with Crippen LogP contribution >= 0.6 is 0 Å². The quantitative estimate of drug-likeness (QED) is 0.186. The minimum absolute atomic E-state index is 0.878. The summed E-state index contributed by atoms with van der Waals surface area (Å²) in [5.41, 5.74) is 13.4. The van der Waals surface area contributed by atoms with Crippen LogP contribution in [0.1, 0.15) is 0 Å². The van der Waals surface area contributed by atoms with Gasteiger partial charge in [-0.1, -0.05) is 127 Å². The summed E-state index contributed by atoms with van der Waals surface area (Å²) < 4.78 is 11.4. The number of benzene rings is 8. The highest BCUT2D eigenvalue weighted by atomic mass is 16.3. The Hall–Kier alpha value is -6.84. The van der Waals surface area contributed by atoms with Crippen LogP contribution in [0.4, 0.5) is 0 Å². The zero-order valence-electron chi connectivity index (χ0n) is 27.6. The number of aromatic nitrogens is 2. The lowest BCUT2D eigenvalue weighted by Crippen LogP contribution is -1.97. The van der Waals surface area contributed by atoms with Crippen LogP contribution in [0.5, 0.6) is 0 Å². The number of rotatable bonds is 4. The van der Waals surface area contributed by atoms with E-state index in [1.54, 1.807) is 0 Å². The normalized spacial score (nSPS) is 11.9. The van der Waals surface area contributed by atoms with Gasteiger partial charge in [0.05, 0.1) is 33.1 Å². The van der Waals surface area contributed by atoms with Crippen LogP contribution < -0.4 is 0 Å². The van der Waals surface area contributed by atoms with Crippen LogP contribution in [-0.4, -0.2) is 9.13 Å². The van der Waals surface area contributed by atoms with Gasteiger partial charge in [-0.2, -0.15) is 0 Å². The Kier molecular flexibility index (Phi) is 5.96. The molecule has 0 radical (unpaired) electrons. The molecule has 0 saturated carbocycles. The maximum absolute atomic E-state index is 6.60. The van der Waals surface area contributed by atoms with Crippen LogP contribution in [0.15, 0.2) is 186 Å². The van der Waals surface area contributed by atoms with Crippen molar-refractivity contribution in [2.75, 3.05) is 0 Å². The van der Waals surface area contributed by atoms with Gasteiger partial charge in [0, 0.05) is 32.6 Å². The van der Waals surface area contributed by atoms with Crippen molar-refractivity contribution in [3.8, 4) is 33.6 Å². The van der Waals surface area contributed by atoms with E-state index in [9.17, 15) is 0 Å². The monoisotopic (exact) mass is 650 g/mol. The van der Waals surface area contributed by atoms with Gasteiger partial charge in [0.2, 0.25) is 0 Å². The number of fused-ring (bicyclic) bond motifs is 9. The first-order valence-corrected chi connectivity index (χ1v) is 17.4. The fourth-order valence-corrected chi connectivity index (χ4v) is 8.22. The molecule has 0 aliphatic heterocycles. The predicted octanol–water partition coefficient (Wildman–Crippen LogP) is 13.1. The number of furan rings is 1. The van der Waals surface area contributed by atoms with Gasteiger partial charge in [0.25, 0.3) is 0 Å². The molecule has 11 rings (SSSR count). The Morgan fingerprint density at radius 3 is 1.51 bits per heavy atom. The molecule has 3 nitrogen and oxygen atoms in total. The van der Waals surface area contributed by atoms with Crippen LogP contribution in [0.3, 0.4) is 0 Å². The highest BCUT2D eigenvalue weighted by molar-refractivity contribution is 6.16. The summed E-state index contributed by atoms with van der Waals surface area (Å²) in [7, 11) is 0. The van der Waals surface area contributed by atoms with Gasteiger partial charge in [-0.05, 0) is 76.9 Å². The van der Waals surface area contributed by atoms with E-state index in [0.29, 0.717) is 0 Å². The number of nitrogens with zero attached hydrogens (tertiary/aromatic N) is 2. The molecule has 3 heteroatoms. The van der Waals surface area contributed by atoms with Gasteiger partial charge < -0.3 is 13.6 Å². The largest absolute Gasteiger partial charge is 0.456 e. The van der Waals surface area contributed by atoms with Crippen molar-refractivity contribution in [3.63, 3.8) is 0 Å². The van der Waals surface area contributed by atoms with Crippen molar-refractivity contribution in [2.45, 2.75) is 0 Å². The highest BCUT2D eigenvalue weighted by Crippen LogP contribution is 2.42. The van der Waals surface area contributed by atoms with E-state index in [0.717, 1.165) is 55.5 Å². The summed E-state index contributed by atoms with van der Waals surface area (Å²) in [6.07, 6.45) is 0. The molecule has 0 spiro atoms. The van der Waals surface area contributed by atoms with Crippen molar-refractivity contribution in [1.29, 1.82) is 0 Å². The molecule has 3 aromatic heterocycles. The molecule has 0 N–H and O–H groups in total. The molecule has 0 bridgehead atoms. The van der Waals surface area contributed by atoms with E-state index in [1.807, 2.05) is 6.07 Å². The molecule has 238 valence electrons. The van der Waals surface area contributed by atoms with E-state index in [2.05, 4.69) is 185 Å². The molecule has 0 unspecified atom stereocenters. The van der Waals surface area contributed by atoms with Gasteiger partial charge in [0.15, 0.2) is 0 Å². The first-order chi connectivity index (χ1) is 25.3. The summed E-state index contributed by atoms with van der Waals surface area (Å²) in [6, 6.07) is 65.5. The summed E-state index contributed by atoms with van der Waals surface area (Å²) in [4.78, 5) is 0. The molecule has 0 saturated heterocycles. The third-order valence-corrected chi connectivity index (χ3v) is 10.5. The zero-order valence-corrected chi connectivity index (χ0v) is 27.6. The number of hydrogen-bond acceptors (Lipinski definition) is 1. The van der Waals surface area contributed by atoms with Gasteiger partial charge >= 0.3 is 0 Å². The van der Waals surface area contributed by atoms with Crippen molar-refractivity contribution >= 4 is 65.6 Å². The van der Waals surface area contributed by atoms with E-state index in [1.165, 1.54) is 43.7 Å². The highest BCUT2D eigenvalue weighted by Gasteiger charge is 2.21. The number of hydrogen-bond donors (Lipinski definition) is 0. The molecule has 0 amide bonds. The fraction of sp³-hybridized carbons (Fsp3) is 0. The molecule has 0 aliphatic carbocycles. The smallest absolute Gasteiger partial charge is 0.138 e. The van der Waals surface area contributed by atoms with Crippen LogP contribution in [0.2, 0.25) is 0 Å². The first kappa shape index (κ1) is 28.0. The van der Waals surface area contributed by atoms with E-state index >= 15 is 0 Å². The standard InChI is InChI=1S/C48H30N2O/c1-2-12-31(13-3-1)32-22-24-33(25-23-32)34-28-45(48-39-17-7-11-21-46(39)51-47(48)29-34)50-43-20-10-6-16-38(43)40-30-35(26-27-44(40)50)49-41-18-8-4-14-36(41)37-15-5-9-19-42(37)49/h1-30H. The lowest BCUT2D eigenvalue weighted by molar-refractivity contribution is 0.669. The van der Waals surface area contributed by atoms with Crippen molar-refractivity contribution < 1.29 is 4.42 Å². The van der Waals surface area contributed by atoms with Crippen LogP contribution in [0, 0.1) is 0 Å². The lowest BCUT2D eigenvalue weighted by atomic mass is 9.98. The Bertz CT molecular complexity index is 3070. The van der Waals surface area contributed by atoms with Crippen molar-refractivity contribution in [1.82, 2.24) is 9.13 Å². The average Bonchev–Trinajstić information content (AvgIpc) is 3.85. The molecular formula is C48H30N2O. The SMILES string of the molecule is c1ccc(-c2ccc(-c3cc(-n4c5ccccc5c5cc(-n6c7ccccc7c7ccccc76)ccc54)c4c(c3)oc3ccccc34)cc2)cc1. The maximum atomic E-state index is 6.60. The molecule has 51 heavy (non-hydrogen) atoms. The van der Waals surface area contributed by atoms with E-state index in [4.69, 9.17) is 4.42 Å². The molecule has 3 heterocycles. The predicted molar refractivity (Wildman–Crippen MR) is 213 cm³/mol. The lowest BCUT2D eigenvalue weighted by Gasteiger charge is -2.13. The average molecular weight is 651 g/mol. The molecular weight excluding hydrogens is 621 g/mol. The summed E-state index contributed by atoms with van der Waals surface area (Å²) in [5.74, 6) is 0. The molecule has 8 aromatic carbocycles. The second-order valence-corrected chi connectivity index (χ2v) is 13.3. The van der Waals surface area contributed by atoms with E-state index < -0.39 is 0 Å². The fourth-order valence-electron chi connectivity index (χ4n) is 8.22. The summed E-state index contributed by atoms with van der Waals surface area (Å²) in [5, 5.41) is 7.18. The summed E-state index contributed by atoms with van der Waals surface area (Å²) in [6.45, 7) is 0. The minimum atomic E-state index is 0.878. The second kappa shape index (κ2) is 10.8. The Morgan fingerprint density at radius 2 is 0.824 bits per heavy atom. The van der Waals surface area contributed by atoms with Gasteiger partial charge in [-0.15, -0.1) is 0 Å². The topological polar surface area (TPSA) is 23.0 Å². The molecule has 0 aliphatic rings. The Labute approximate surface area is 293 Å². The maximum Gasteiger partial charge on any atom is 0.138 e. The van der Waals surface area contributed by atoms with E-state index in [-0.39, 0.29) is 0 Å². The summed E-state index contributed by atoms with van der Waals surface area (Å²) >= 11 is 0. The second-order valence-electron chi connectivity index (χ2n) is 13.3. The van der Waals surface area contributed by atoms with Gasteiger partial charge in [-0.3, -0.25) is 0 Å². The molecule has 0 fully saturated rings. The van der Waals surface area contributed by atoms with Crippen LogP contribution in [0.25, 0.3) is 99.2 Å². The third-order valence-electron chi connectivity index (χ3n) is 10.5. The molecule has 0 atom stereocenters. The molecule has 11 aromatic rings. The number of para-hydroxylation sites is 4. The van der Waals surface area contributed by atoms with Crippen molar-refractivity contribution in [2.24, 2.45) is 0 Å². The van der Waals surface area contributed by atoms with Gasteiger partial charge in [0.1, 0.15) is 11.2 Å². The van der Waals surface area contributed by atoms with Gasteiger partial charge in [-0.25, -0.2) is 0 Å². The third kappa shape index (κ3) is 4.19. The van der Waals surface area contributed by atoms with Crippen LogP contribution in [-0.2, 0) is 0 Å². The Morgan fingerprint density at radius 1 is 0.314 bits per heavy atom. The van der Waals surface area contributed by atoms with Crippen molar-refractivity contribution in [3.05, 3.63) is 182 Å². The first-order valence-electron chi connectivity index (χ1n) is 17.4. The Balaban J connectivity index is 1.18. The minimum Gasteiger partial charge on any atom is -0.456 e.